The zero-order valence-corrected chi connectivity index (χ0v) is 26.3. The van der Waals surface area contributed by atoms with Crippen molar-refractivity contribution in [2.24, 2.45) is 5.92 Å². The predicted molar refractivity (Wildman–Crippen MR) is 179 cm³/mol. The lowest BCUT2D eigenvalue weighted by atomic mass is 9.90. The second-order valence-corrected chi connectivity index (χ2v) is 12.1. The molecule has 0 spiro atoms. The van der Waals surface area contributed by atoms with Crippen molar-refractivity contribution in [3.05, 3.63) is 118 Å². The number of benzene rings is 3. The van der Waals surface area contributed by atoms with Gasteiger partial charge in [0.1, 0.15) is 0 Å². The van der Waals surface area contributed by atoms with Crippen LogP contribution in [0.15, 0.2) is 90.5 Å². The van der Waals surface area contributed by atoms with Gasteiger partial charge in [0.25, 0.3) is 0 Å². The third-order valence-corrected chi connectivity index (χ3v) is 8.62. The molecule has 1 amide bonds. The zero-order valence-electron chi connectivity index (χ0n) is 26.3. The molecule has 1 fully saturated rings. The lowest BCUT2D eigenvalue weighted by Gasteiger charge is -2.30. The number of nitrogens with two attached hydrogens (primary N) is 1. The van der Waals surface area contributed by atoms with E-state index in [1.54, 1.807) is 13.0 Å². The molecule has 5 heteroatoms. The lowest BCUT2D eigenvalue weighted by molar-refractivity contribution is -0.125. The van der Waals surface area contributed by atoms with E-state index >= 15 is 0 Å². The van der Waals surface area contributed by atoms with Crippen LogP contribution in [0.25, 0.3) is 5.57 Å². The van der Waals surface area contributed by atoms with E-state index < -0.39 is 0 Å². The highest BCUT2D eigenvalue weighted by atomic mass is 16.2. The summed E-state index contributed by atoms with van der Waals surface area (Å²) in [7, 11) is 0. The monoisotopic (exact) mass is 577 g/mol. The molecule has 0 bridgehead atoms. The number of amides is 1. The number of allylic oxidation sites excluding steroid dienone is 1. The molecule has 5 rings (SSSR count). The number of nitrogen functional groups attached to an aromatic ring is 1. The van der Waals surface area contributed by atoms with E-state index in [0.29, 0.717) is 12.1 Å². The van der Waals surface area contributed by atoms with Crippen molar-refractivity contribution in [2.75, 3.05) is 31.9 Å². The van der Waals surface area contributed by atoms with E-state index in [1.165, 1.54) is 42.6 Å². The number of carbonyl (C=O) groups excluding carboxylic acids is 2. The Balaban J connectivity index is 0.000000237. The average Bonchev–Trinajstić information content (AvgIpc) is 3.01. The minimum absolute atomic E-state index is 0.0429. The fraction of sp³-hybridized carbons (Fsp3) is 0.368. The molecule has 3 aromatic rings. The largest absolute Gasteiger partial charge is 0.399 e. The predicted octanol–water partition coefficient (Wildman–Crippen LogP) is 7.50. The van der Waals surface area contributed by atoms with Crippen LogP contribution >= 0.6 is 0 Å². The van der Waals surface area contributed by atoms with Gasteiger partial charge >= 0.3 is 0 Å². The van der Waals surface area contributed by atoms with E-state index in [-0.39, 0.29) is 11.7 Å². The number of hydrogen-bond acceptors (Lipinski definition) is 4. The second-order valence-electron chi connectivity index (χ2n) is 12.1. The number of aryl methyl sites for hydroxylation is 1. The first-order valence-electron chi connectivity index (χ1n) is 15.6. The highest BCUT2D eigenvalue weighted by Gasteiger charge is 2.22. The molecule has 3 aromatic carbocycles. The quantitative estimate of drug-likeness (QED) is 0.179. The SMILES string of the molecule is CC(=O)c1ccc(C)c(C2=C(C)CCN(C(=O)/C=C\Cc3ccccc3)C2)c1.CC1CCN(Cc2ccc(N)cc2)CC1. The number of piperidine rings is 1. The molecule has 0 aromatic heterocycles. The summed E-state index contributed by atoms with van der Waals surface area (Å²) in [6, 6.07) is 24.2. The van der Waals surface area contributed by atoms with Gasteiger partial charge in [0.15, 0.2) is 5.78 Å². The maximum atomic E-state index is 12.7. The van der Waals surface area contributed by atoms with Crippen LogP contribution in [0, 0.1) is 12.8 Å². The molecule has 2 aliphatic rings. The van der Waals surface area contributed by atoms with Crippen molar-refractivity contribution >= 4 is 23.0 Å². The van der Waals surface area contributed by atoms with Gasteiger partial charge in [-0.2, -0.15) is 0 Å². The standard InChI is InChI=1S/C25H27NO2.C13H20N2/c1-18-12-13-22(20(3)27)16-23(18)24-17-26(15-14-19(24)2)25(28)11-7-10-21-8-5-4-6-9-21;1-11-6-8-15(9-7-11)10-12-2-4-13(14)5-3-12/h4-9,11-13,16H,10,14-15,17H2,1-3H3;2-5,11H,6-10,14H2,1H3/b11-7-;. The molecule has 2 aliphatic heterocycles. The summed E-state index contributed by atoms with van der Waals surface area (Å²) in [6.45, 7) is 13.0. The zero-order chi connectivity index (χ0) is 30.8. The van der Waals surface area contributed by atoms with Gasteiger partial charge in [-0.3, -0.25) is 14.5 Å². The van der Waals surface area contributed by atoms with Crippen molar-refractivity contribution in [2.45, 2.75) is 59.9 Å². The molecule has 2 heterocycles. The van der Waals surface area contributed by atoms with Gasteiger partial charge in [0.2, 0.25) is 5.91 Å². The first kappa shape index (κ1) is 32.0. The maximum Gasteiger partial charge on any atom is 0.246 e. The number of anilines is 1. The third-order valence-electron chi connectivity index (χ3n) is 8.62. The van der Waals surface area contributed by atoms with E-state index in [2.05, 4.69) is 49.9 Å². The number of likely N-dealkylation sites (tertiary alicyclic amines) is 1. The third kappa shape index (κ3) is 9.52. The smallest absolute Gasteiger partial charge is 0.246 e. The van der Waals surface area contributed by atoms with E-state index in [1.807, 2.05) is 59.5 Å². The van der Waals surface area contributed by atoms with Gasteiger partial charge in [-0.15, -0.1) is 0 Å². The summed E-state index contributed by atoms with van der Waals surface area (Å²) in [4.78, 5) is 28.9. The van der Waals surface area contributed by atoms with Crippen LogP contribution in [0.3, 0.4) is 0 Å². The molecule has 43 heavy (non-hydrogen) atoms. The van der Waals surface area contributed by atoms with Crippen LogP contribution in [0.5, 0.6) is 0 Å². The highest BCUT2D eigenvalue weighted by Crippen LogP contribution is 2.29. The van der Waals surface area contributed by atoms with Crippen LogP contribution in [-0.4, -0.2) is 47.7 Å². The van der Waals surface area contributed by atoms with Crippen molar-refractivity contribution in [3.63, 3.8) is 0 Å². The molecule has 0 aliphatic carbocycles. The lowest BCUT2D eigenvalue weighted by Crippen LogP contribution is -2.35. The van der Waals surface area contributed by atoms with Crippen LogP contribution < -0.4 is 5.73 Å². The summed E-state index contributed by atoms with van der Waals surface area (Å²) < 4.78 is 0. The minimum Gasteiger partial charge on any atom is -0.399 e. The van der Waals surface area contributed by atoms with Crippen LogP contribution in [0.4, 0.5) is 5.69 Å². The topological polar surface area (TPSA) is 66.6 Å². The molecule has 0 saturated carbocycles. The Hall–Kier alpha value is -3.96. The number of nitrogens with zero attached hydrogens (tertiary/aromatic N) is 2. The Bertz CT molecular complexity index is 1430. The van der Waals surface area contributed by atoms with E-state index in [4.69, 9.17) is 5.73 Å². The van der Waals surface area contributed by atoms with Crippen LogP contribution in [-0.2, 0) is 17.8 Å². The summed E-state index contributed by atoms with van der Waals surface area (Å²) in [5.41, 5.74) is 14.5. The summed E-state index contributed by atoms with van der Waals surface area (Å²) in [6.07, 6.45) is 7.91. The van der Waals surface area contributed by atoms with Crippen LogP contribution in [0.2, 0.25) is 0 Å². The fourth-order valence-corrected chi connectivity index (χ4v) is 5.64. The Morgan fingerprint density at radius 2 is 1.60 bits per heavy atom. The molecule has 2 N–H and O–H groups in total. The van der Waals surface area contributed by atoms with Gasteiger partial charge in [0, 0.05) is 30.9 Å². The van der Waals surface area contributed by atoms with Gasteiger partial charge in [-0.1, -0.05) is 73.2 Å². The highest BCUT2D eigenvalue weighted by molar-refractivity contribution is 5.95. The van der Waals surface area contributed by atoms with Crippen LogP contribution in [0.1, 0.15) is 72.6 Å². The molecular formula is C38H47N3O2. The second kappa shape index (κ2) is 15.5. The number of Topliss-reactive ketones (excluding diaryl/α,β-unsaturated/α-hetero) is 1. The molecule has 0 atom stereocenters. The van der Waals surface area contributed by atoms with E-state index in [0.717, 1.165) is 54.2 Å². The number of ketones is 1. The van der Waals surface area contributed by atoms with E-state index in [9.17, 15) is 9.59 Å². The Kier molecular flexibility index (Phi) is 11.5. The molecule has 1 saturated heterocycles. The number of rotatable bonds is 7. The first-order valence-corrected chi connectivity index (χ1v) is 15.6. The number of hydrogen-bond donors (Lipinski definition) is 1. The normalized spacial score (nSPS) is 16.2. The van der Waals surface area contributed by atoms with Gasteiger partial charge in [0.05, 0.1) is 0 Å². The first-order chi connectivity index (χ1) is 20.7. The maximum absolute atomic E-state index is 12.7. The van der Waals surface area contributed by atoms with Crippen molar-refractivity contribution in [1.82, 2.24) is 9.80 Å². The van der Waals surface area contributed by atoms with Crippen molar-refractivity contribution < 1.29 is 9.59 Å². The summed E-state index contributed by atoms with van der Waals surface area (Å²) >= 11 is 0. The van der Waals surface area contributed by atoms with Gasteiger partial charge < -0.3 is 10.6 Å². The Labute approximate surface area is 258 Å². The van der Waals surface area contributed by atoms with Gasteiger partial charge in [-0.25, -0.2) is 0 Å². The molecule has 226 valence electrons. The Morgan fingerprint density at radius 1 is 0.907 bits per heavy atom. The Morgan fingerprint density at radius 3 is 2.28 bits per heavy atom. The molecular weight excluding hydrogens is 530 g/mol. The van der Waals surface area contributed by atoms with Gasteiger partial charge in [-0.05, 0) is 118 Å². The fourth-order valence-electron chi connectivity index (χ4n) is 5.64. The average molecular weight is 578 g/mol. The molecule has 0 radical (unpaired) electrons. The van der Waals surface area contributed by atoms with Crippen molar-refractivity contribution in [1.29, 1.82) is 0 Å². The summed E-state index contributed by atoms with van der Waals surface area (Å²) in [5.74, 6) is 1.01. The summed E-state index contributed by atoms with van der Waals surface area (Å²) in [5, 5.41) is 0. The molecule has 0 unspecified atom stereocenters. The molecule has 5 nitrogen and oxygen atoms in total. The van der Waals surface area contributed by atoms with Crippen molar-refractivity contribution in [3.8, 4) is 0 Å². The number of carbonyl (C=O) groups is 2. The minimum atomic E-state index is 0.0429.